The molecule has 8 nitrogen and oxygen atoms in total. The number of methoxy groups -OCH3 is 1. The van der Waals surface area contributed by atoms with Crippen LogP contribution in [0.1, 0.15) is 59.2 Å². The summed E-state index contributed by atoms with van der Waals surface area (Å²) in [5.74, 6) is -0.472. The minimum absolute atomic E-state index is 0.0510. The van der Waals surface area contributed by atoms with Crippen molar-refractivity contribution in [3.05, 3.63) is 59.7 Å². The second-order valence-electron chi connectivity index (χ2n) is 8.47. The van der Waals surface area contributed by atoms with Crippen molar-refractivity contribution in [2.45, 2.75) is 44.6 Å². The standard InChI is InChI=1S/C26H34N4O4/c1-34-16-6-15-27-25(32)19-11-13-22(14-12-19)29-24(31)18-28-23-10-5-7-20(17-23)26(33)30-21-8-3-2-4-9-21/h5,7,10-14,17,21,28H,2-4,6,8-9,15-16,18H2,1H3,(H,27,32)(H,29,31)(H,30,33). The summed E-state index contributed by atoms with van der Waals surface area (Å²) in [5.41, 5.74) is 2.40. The normalized spacial score (nSPS) is 13.7. The van der Waals surface area contributed by atoms with Gasteiger partial charge in [0.1, 0.15) is 0 Å². The Hall–Kier alpha value is -3.39. The third-order valence-electron chi connectivity index (χ3n) is 5.76. The van der Waals surface area contributed by atoms with Gasteiger partial charge in [0.05, 0.1) is 6.54 Å². The molecule has 2 aromatic rings. The summed E-state index contributed by atoms with van der Waals surface area (Å²) < 4.78 is 4.96. The van der Waals surface area contributed by atoms with Gasteiger partial charge in [-0.2, -0.15) is 0 Å². The highest BCUT2D eigenvalue weighted by atomic mass is 16.5. The minimum atomic E-state index is -0.228. The molecule has 1 fully saturated rings. The van der Waals surface area contributed by atoms with Crippen LogP contribution in [0.25, 0.3) is 0 Å². The monoisotopic (exact) mass is 466 g/mol. The van der Waals surface area contributed by atoms with Gasteiger partial charge >= 0.3 is 0 Å². The quantitative estimate of drug-likeness (QED) is 0.379. The largest absolute Gasteiger partial charge is 0.385 e. The van der Waals surface area contributed by atoms with Crippen molar-refractivity contribution in [2.24, 2.45) is 0 Å². The first-order valence-electron chi connectivity index (χ1n) is 11.9. The molecule has 0 spiro atoms. The van der Waals surface area contributed by atoms with Crippen molar-refractivity contribution in [1.29, 1.82) is 0 Å². The van der Waals surface area contributed by atoms with Crippen LogP contribution in [0.4, 0.5) is 11.4 Å². The van der Waals surface area contributed by atoms with Crippen LogP contribution in [0.15, 0.2) is 48.5 Å². The molecule has 8 heteroatoms. The van der Waals surface area contributed by atoms with Gasteiger partial charge in [-0.15, -0.1) is 0 Å². The number of hydrogen-bond acceptors (Lipinski definition) is 5. The second kappa shape index (κ2) is 13.3. The zero-order valence-corrected chi connectivity index (χ0v) is 19.7. The molecule has 4 N–H and O–H groups in total. The lowest BCUT2D eigenvalue weighted by Crippen LogP contribution is -2.36. The van der Waals surface area contributed by atoms with E-state index in [1.807, 2.05) is 6.07 Å². The zero-order valence-electron chi connectivity index (χ0n) is 19.7. The minimum Gasteiger partial charge on any atom is -0.385 e. The Labute approximate surface area is 200 Å². The van der Waals surface area contributed by atoms with Crippen LogP contribution in [0.3, 0.4) is 0 Å². The molecule has 0 heterocycles. The predicted molar refractivity (Wildman–Crippen MR) is 133 cm³/mol. The van der Waals surface area contributed by atoms with Gasteiger partial charge in [0.2, 0.25) is 5.91 Å². The first-order valence-corrected chi connectivity index (χ1v) is 11.9. The fourth-order valence-corrected chi connectivity index (χ4v) is 3.90. The van der Waals surface area contributed by atoms with E-state index >= 15 is 0 Å². The molecule has 3 rings (SSSR count). The maximum absolute atomic E-state index is 12.6. The smallest absolute Gasteiger partial charge is 0.251 e. The maximum atomic E-state index is 12.6. The van der Waals surface area contributed by atoms with Gasteiger partial charge in [-0.05, 0) is 61.7 Å². The molecule has 1 aliphatic carbocycles. The Bertz CT molecular complexity index is 956. The molecule has 0 atom stereocenters. The van der Waals surface area contributed by atoms with Gasteiger partial charge in [-0.3, -0.25) is 14.4 Å². The molecule has 3 amide bonds. The van der Waals surface area contributed by atoms with Crippen molar-refractivity contribution >= 4 is 29.1 Å². The fraction of sp³-hybridized carbons (Fsp3) is 0.423. The average molecular weight is 467 g/mol. The Balaban J connectivity index is 1.44. The lowest BCUT2D eigenvalue weighted by atomic mass is 9.95. The highest BCUT2D eigenvalue weighted by Gasteiger charge is 2.17. The van der Waals surface area contributed by atoms with E-state index in [2.05, 4.69) is 21.3 Å². The third-order valence-corrected chi connectivity index (χ3v) is 5.76. The number of ether oxygens (including phenoxy) is 1. The van der Waals surface area contributed by atoms with E-state index < -0.39 is 0 Å². The number of amides is 3. The maximum Gasteiger partial charge on any atom is 0.251 e. The van der Waals surface area contributed by atoms with Crippen LogP contribution in [0.5, 0.6) is 0 Å². The first kappa shape index (κ1) is 25.2. The van der Waals surface area contributed by atoms with Crippen LogP contribution in [-0.2, 0) is 9.53 Å². The molecule has 0 bridgehead atoms. The topological polar surface area (TPSA) is 109 Å². The molecular formula is C26H34N4O4. The van der Waals surface area contributed by atoms with E-state index in [0.717, 1.165) is 32.1 Å². The van der Waals surface area contributed by atoms with E-state index in [-0.39, 0.29) is 30.3 Å². The summed E-state index contributed by atoms with van der Waals surface area (Å²) in [7, 11) is 1.62. The summed E-state index contributed by atoms with van der Waals surface area (Å²) in [4.78, 5) is 37.0. The van der Waals surface area contributed by atoms with Crippen molar-refractivity contribution in [2.75, 3.05) is 37.4 Å². The number of hydrogen-bond donors (Lipinski definition) is 4. The van der Waals surface area contributed by atoms with Gasteiger partial charge in [0.25, 0.3) is 11.8 Å². The van der Waals surface area contributed by atoms with Crippen LogP contribution >= 0.6 is 0 Å². The Kier molecular flexibility index (Phi) is 9.91. The number of carbonyl (C=O) groups excluding carboxylic acids is 3. The first-order chi connectivity index (χ1) is 16.5. The SMILES string of the molecule is COCCCNC(=O)c1ccc(NC(=O)CNc2cccc(C(=O)NC3CCCCC3)c2)cc1. The van der Waals surface area contributed by atoms with E-state index in [9.17, 15) is 14.4 Å². The summed E-state index contributed by atoms with van der Waals surface area (Å²) >= 11 is 0. The highest BCUT2D eigenvalue weighted by Crippen LogP contribution is 2.18. The summed E-state index contributed by atoms with van der Waals surface area (Å²) in [5, 5.41) is 11.8. The molecule has 0 radical (unpaired) electrons. The van der Waals surface area contributed by atoms with Crippen LogP contribution in [-0.4, -0.2) is 50.6 Å². The van der Waals surface area contributed by atoms with E-state index in [1.54, 1.807) is 49.6 Å². The molecule has 0 aliphatic heterocycles. The van der Waals surface area contributed by atoms with Gasteiger partial charge in [0.15, 0.2) is 0 Å². The van der Waals surface area contributed by atoms with E-state index in [4.69, 9.17) is 4.74 Å². The Morgan fingerprint density at radius 2 is 1.68 bits per heavy atom. The van der Waals surface area contributed by atoms with E-state index in [1.165, 1.54) is 6.42 Å². The molecule has 34 heavy (non-hydrogen) atoms. The predicted octanol–water partition coefficient (Wildman–Crippen LogP) is 3.57. The lowest BCUT2D eigenvalue weighted by Gasteiger charge is -2.22. The summed E-state index contributed by atoms with van der Waals surface area (Å²) in [6.45, 7) is 1.19. The van der Waals surface area contributed by atoms with Gasteiger partial charge < -0.3 is 26.0 Å². The molecule has 0 aromatic heterocycles. The summed E-state index contributed by atoms with van der Waals surface area (Å²) in [6, 6.07) is 14.1. The zero-order chi connectivity index (χ0) is 24.2. The van der Waals surface area contributed by atoms with Crippen LogP contribution in [0.2, 0.25) is 0 Å². The number of benzene rings is 2. The summed E-state index contributed by atoms with van der Waals surface area (Å²) in [6.07, 6.45) is 6.37. The lowest BCUT2D eigenvalue weighted by molar-refractivity contribution is -0.114. The van der Waals surface area contributed by atoms with Gasteiger partial charge in [0, 0.05) is 48.8 Å². The molecule has 0 unspecified atom stereocenters. The van der Waals surface area contributed by atoms with Crippen molar-refractivity contribution < 1.29 is 19.1 Å². The molecule has 1 aliphatic rings. The van der Waals surface area contributed by atoms with Crippen LogP contribution in [0, 0.1) is 0 Å². The van der Waals surface area contributed by atoms with Crippen molar-refractivity contribution in [1.82, 2.24) is 10.6 Å². The molecule has 2 aromatic carbocycles. The Morgan fingerprint density at radius 1 is 0.912 bits per heavy atom. The molecule has 0 saturated heterocycles. The molecular weight excluding hydrogens is 432 g/mol. The number of carbonyl (C=O) groups is 3. The van der Waals surface area contributed by atoms with Gasteiger partial charge in [-0.25, -0.2) is 0 Å². The number of nitrogens with one attached hydrogen (secondary N) is 4. The second-order valence-corrected chi connectivity index (χ2v) is 8.47. The molecule has 1 saturated carbocycles. The van der Waals surface area contributed by atoms with Crippen LogP contribution < -0.4 is 21.3 Å². The van der Waals surface area contributed by atoms with Crippen molar-refractivity contribution in [3.8, 4) is 0 Å². The third kappa shape index (κ3) is 8.19. The average Bonchev–Trinajstić information content (AvgIpc) is 2.86. The Morgan fingerprint density at radius 3 is 2.41 bits per heavy atom. The van der Waals surface area contributed by atoms with E-state index in [0.29, 0.717) is 35.7 Å². The van der Waals surface area contributed by atoms with Gasteiger partial charge in [-0.1, -0.05) is 25.3 Å². The molecule has 182 valence electrons. The fourth-order valence-electron chi connectivity index (χ4n) is 3.90. The number of anilines is 2. The van der Waals surface area contributed by atoms with Crippen molar-refractivity contribution in [3.63, 3.8) is 0 Å². The highest BCUT2D eigenvalue weighted by molar-refractivity contribution is 5.97. The number of rotatable bonds is 11.